The maximum Gasteiger partial charge on any atom is 0.415 e. The fourth-order valence-corrected chi connectivity index (χ4v) is 4.42. The SMILES string of the molecule is Cc1c[n+]2c(c(C)c1OCC(CO)CO)CSn1c-2nc2ccccc21. The summed E-state index contributed by atoms with van der Waals surface area (Å²) in [6.45, 7) is 4.18. The molecule has 0 saturated heterocycles. The van der Waals surface area contributed by atoms with Gasteiger partial charge in [-0.15, -0.1) is 0 Å². The lowest BCUT2D eigenvalue weighted by atomic mass is 10.1. The van der Waals surface area contributed by atoms with E-state index in [2.05, 4.69) is 27.7 Å². The van der Waals surface area contributed by atoms with E-state index < -0.39 is 0 Å². The van der Waals surface area contributed by atoms with Crippen LogP contribution in [0.15, 0.2) is 30.5 Å². The van der Waals surface area contributed by atoms with Crippen LogP contribution in [-0.2, 0) is 5.75 Å². The van der Waals surface area contributed by atoms with Crippen molar-refractivity contribution in [1.82, 2.24) is 8.96 Å². The number of aryl methyl sites for hydroxylation is 1. The highest BCUT2D eigenvalue weighted by atomic mass is 32.2. The van der Waals surface area contributed by atoms with Gasteiger partial charge in [0.25, 0.3) is 0 Å². The van der Waals surface area contributed by atoms with E-state index in [0.29, 0.717) is 6.61 Å². The number of ether oxygens (including phenoxy) is 1. The first-order valence-corrected chi connectivity index (χ1v) is 9.58. The molecule has 0 radical (unpaired) electrons. The van der Waals surface area contributed by atoms with Crippen molar-refractivity contribution < 1.29 is 19.5 Å². The highest BCUT2D eigenvalue weighted by molar-refractivity contribution is 7.97. The quantitative estimate of drug-likeness (QED) is 0.670. The third-order valence-electron chi connectivity index (χ3n) is 4.77. The van der Waals surface area contributed by atoms with E-state index >= 15 is 0 Å². The van der Waals surface area contributed by atoms with Crippen molar-refractivity contribution in [3.05, 3.63) is 47.3 Å². The number of aromatic nitrogens is 3. The molecule has 136 valence electrons. The molecule has 0 aliphatic carbocycles. The summed E-state index contributed by atoms with van der Waals surface area (Å²) < 4.78 is 10.3. The molecule has 0 fully saturated rings. The van der Waals surface area contributed by atoms with Crippen molar-refractivity contribution in [3.63, 3.8) is 0 Å². The zero-order valence-electron chi connectivity index (χ0n) is 14.8. The van der Waals surface area contributed by atoms with Gasteiger partial charge in [0.2, 0.25) is 0 Å². The Morgan fingerprint density at radius 3 is 2.81 bits per heavy atom. The van der Waals surface area contributed by atoms with Crippen molar-refractivity contribution >= 4 is 23.0 Å². The third kappa shape index (κ3) is 2.76. The van der Waals surface area contributed by atoms with E-state index in [9.17, 15) is 10.2 Å². The molecule has 0 amide bonds. The number of aliphatic hydroxyl groups excluding tert-OH is 2. The van der Waals surface area contributed by atoms with Crippen LogP contribution >= 0.6 is 11.9 Å². The number of nitrogens with zero attached hydrogens (tertiary/aromatic N) is 3. The molecule has 26 heavy (non-hydrogen) atoms. The minimum absolute atomic E-state index is 0.0891. The van der Waals surface area contributed by atoms with Gasteiger partial charge in [-0.3, -0.25) is 0 Å². The Bertz CT molecular complexity index is 966. The van der Waals surface area contributed by atoms with Crippen molar-refractivity contribution in [2.75, 3.05) is 19.8 Å². The average Bonchev–Trinajstić information content (AvgIpc) is 3.04. The van der Waals surface area contributed by atoms with E-state index in [1.807, 2.05) is 25.1 Å². The smallest absolute Gasteiger partial charge is 0.415 e. The van der Waals surface area contributed by atoms with Gasteiger partial charge >= 0.3 is 5.95 Å². The van der Waals surface area contributed by atoms with Gasteiger partial charge < -0.3 is 14.9 Å². The second kappa shape index (κ2) is 6.90. The monoisotopic (exact) mass is 372 g/mol. The van der Waals surface area contributed by atoms with Gasteiger partial charge in [0.05, 0.1) is 31.8 Å². The molecule has 0 unspecified atom stereocenters. The molecule has 1 aliphatic rings. The van der Waals surface area contributed by atoms with Crippen LogP contribution in [0.3, 0.4) is 0 Å². The van der Waals surface area contributed by atoms with E-state index in [4.69, 9.17) is 9.72 Å². The van der Waals surface area contributed by atoms with Crippen LogP contribution in [0.1, 0.15) is 16.8 Å². The number of fused-ring (bicyclic) bond motifs is 5. The minimum Gasteiger partial charge on any atom is -0.492 e. The first-order chi connectivity index (χ1) is 12.6. The van der Waals surface area contributed by atoms with Crippen LogP contribution in [0, 0.1) is 19.8 Å². The molecule has 0 atom stereocenters. The number of hydrogen-bond donors (Lipinski definition) is 2. The first kappa shape index (κ1) is 17.3. The van der Waals surface area contributed by atoms with Crippen molar-refractivity contribution in [2.24, 2.45) is 5.92 Å². The number of rotatable bonds is 5. The van der Waals surface area contributed by atoms with Gasteiger partial charge in [-0.1, -0.05) is 17.1 Å². The molecule has 0 saturated carbocycles. The highest BCUT2D eigenvalue weighted by Gasteiger charge is 2.31. The number of benzene rings is 1. The predicted molar refractivity (Wildman–Crippen MR) is 101 cm³/mol. The second-order valence-corrected chi connectivity index (χ2v) is 7.51. The van der Waals surface area contributed by atoms with Gasteiger partial charge in [-0.2, -0.15) is 3.97 Å². The molecule has 4 rings (SSSR count). The molecule has 0 spiro atoms. The summed E-state index contributed by atoms with van der Waals surface area (Å²) in [5.74, 6) is 2.28. The summed E-state index contributed by atoms with van der Waals surface area (Å²) >= 11 is 1.73. The second-order valence-electron chi connectivity index (χ2n) is 6.59. The molecule has 2 aromatic heterocycles. The maximum atomic E-state index is 9.25. The fourth-order valence-electron chi connectivity index (χ4n) is 3.28. The van der Waals surface area contributed by atoms with E-state index in [1.165, 1.54) is 0 Å². The van der Waals surface area contributed by atoms with Gasteiger partial charge in [0, 0.05) is 29.0 Å². The molecule has 2 N–H and O–H groups in total. The molecule has 0 bridgehead atoms. The van der Waals surface area contributed by atoms with Gasteiger partial charge in [0.15, 0.2) is 11.0 Å². The normalized spacial score (nSPS) is 13.1. The predicted octanol–water partition coefficient (Wildman–Crippen LogP) is 1.92. The zero-order valence-corrected chi connectivity index (χ0v) is 15.7. The van der Waals surface area contributed by atoms with Crippen LogP contribution < -0.4 is 9.30 Å². The Balaban J connectivity index is 1.77. The molecular formula is C19H22N3O3S+. The summed E-state index contributed by atoms with van der Waals surface area (Å²) in [4.78, 5) is 4.81. The van der Waals surface area contributed by atoms with Crippen molar-refractivity contribution in [1.29, 1.82) is 0 Å². The Kier molecular flexibility index (Phi) is 4.60. The Morgan fingerprint density at radius 1 is 1.27 bits per heavy atom. The van der Waals surface area contributed by atoms with Crippen molar-refractivity contribution in [3.8, 4) is 11.7 Å². The Morgan fingerprint density at radius 2 is 2.04 bits per heavy atom. The number of para-hydroxylation sites is 2. The molecule has 3 heterocycles. The third-order valence-corrected chi connectivity index (χ3v) is 5.79. The standard InChI is InChI=1S/C19H22N3O3S/c1-12-7-21-17(13(2)18(12)25-10-14(8-23)9-24)11-26-22-16-6-4-3-5-15(16)20-19(21)22/h3-7,14,23-24H,8-11H2,1-2H3/q+1. The average molecular weight is 372 g/mol. The summed E-state index contributed by atoms with van der Waals surface area (Å²) in [6, 6.07) is 8.15. The number of hydrogen-bond acceptors (Lipinski definition) is 5. The lowest BCUT2D eigenvalue weighted by Gasteiger charge is -2.21. The number of aliphatic hydroxyl groups is 2. The van der Waals surface area contributed by atoms with Crippen LogP contribution in [0.2, 0.25) is 0 Å². The topological polar surface area (TPSA) is 71.4 Å². The Hall–Kier alpha value is -2.09. The Labute approximate surface area is 156 Å². The van der Waals surface area contributed by atoms with E-state index in [1.54, 1.807) is 11.9 Å². The lowest BCUT2D eigenvalue weighted by molar-refractivity contribution is -0.613. The van der Waals surface area contributed by atoms with E-state index in [-0.39, 0.29) is 19.1 Å². The minimum atomic E-state index is -0.268. The van der Waals surface area contributed by atoms with Crippen LogP contribution in [0.4, 0.5) is 0 Å². The summed E-state index contributed by atoms with van der Waals surface area (Å²) in [5, 5.41) is 18.5. The molecule has 1 aromatic carbocycles. The fraction of sp³-hybridized carbons (Fsp3) is 0.368. The summed E-state index contributed by atoms with van der Waals surface area (Å²) in [5.41, 5.74) is 5.34. The van der Waals surface area contributed by atoms with Crippen molar-refractivity contribution in [2.45, 2.75) is 19.6 Å². The molecule has 6 nitrogen and oxygen atoms in total. The van der Waals surface area contributed by atoms with Gasteiger partial charge in [-0.05, 0) is 26.0 Å². The van der Waals surface area contributed by atoms with Gasteiger partial charge in [-0.25, -0.2) is 4.57 Å². The highest BCUT2D eigenvalue weighted by Crippen LogP contribution is 2.33. The summed E-state index contributed by atoms with van der Waals surface area (Å²) in [6.07, 6.45) is 2.06. The van der Waals surface area contributed by atoms with Crippen LogP contribution in [0.5, 0.6) is 5.75 Å². The lowest BCUT2D eigenvalue weighted by Crippen LogP contribution is -2.42. The zero-order chi connectivity index (χ0) is 18.3. The first-order valence-electron chi connectivity index (χ1n) is 8.64. The number of imidazole rings is 1. The maximum absolute atomic E-state index is 9.25. The van der Waals surface area contributed by atoms with Crippen LogP contribution in [0.25, 0.3) is 17.0 Å². The summed E-state index contributed by atoms with van der Waals surface area (Å²) in [7, 11) is 0. The van der Waals surface area contributed by atoms with E-state index in [0.717, 1.165) is 45.3 Å². The number of pyridine rings is 1. The molecule has 3 aromatic rings. The molecule has 7 heteroatoms. The molecule has 1 aliphatic heterocycles. The molecular weight excluding hydrogens is 350 g/mol. The van der Waals surface area contributed by atoms with Gasteiger partial charge in [0.1, 0.15) is 11.4 Å². The largest absolute Gasteiger partial charge is 0.492 e. The van der Waals surface area contributed by atoms with Crippen LogP contribution in [-0.4, -0.2) is 39.0 Å².